The summed E-state index contributed by atoms with van der Waals surface area (Å²) in [4.78, 5) is 10.8. The number of carbonyl (C=O) groups excluding carboxylic acids is 1. The molecule has 4 heteroatoms. The summed E-state index contributed by atoms with van der Waals surface area (Å²) in [5, 5.41) is 4.25. The maximum Gasteiger partial charge on any atom is 0.151 e. The molecule has 1 aromatic heterocycles. The van der Waals surface area contributed by atoms with Gasteiger partial charge in [-0.25, -0.2) is 0 Å². The highest BCUT2D eigenvalue weighted by Crippen LogP contribution is 2.34. The molecule has 0 aliphatic heterocycles. The van der Waals surface area contributed by atoms with Crippen LogP contribution >= 0.6 is 38.9 Å². The van der Waals surface area contributed by atoms with Crippen LogP contribution in [0, 0.1) is 0 Å². The Bertz CT molecular complexity index is 492. The molecule has 14 heavy (non-hydrogen) atoms. The van der Waals surface area contributed by atoms with E-state index in [1.165, 1.54) is 0 Å². The number of halogens is 2. The first-order valence-electron chi connectivity index (χ1n) is 3.97. The van der Waals surface area contributed by atoms with Crippen LogP contribution in [0.5, 0.6) is 0 Å². The molecule has 0 spiro atoms. The highest BCUT2D eigenvalue weighted by molar-refractivity contribution is 9.08. The van der Waals surface area contributed by atoms with E-state index in [2.05, 4.69) is 15.9 Å². The minimum absolute atomic E-state index is 0.556. The Balaban J connectivity index is 2.86. The Morgan fingerprint density at radius 2 is 2.36 bits per heavy atom. The predicted octanol–water partition coefficient (Wildman–Crippen LogP) is 4.26. The molecule has 0 N–H and O–H groups in total. The van der Waals surface area contributed by atoms with Crippen LogP contribution in [0.15, 0.2) is 17.5 Å². The zero-order valence-corrected chi connectivity index (χ0v) is 10.2. The molecule has 1 aromatic carbocycles. The lowest BCUT2D eigenvalue weighted by molar-refractivity contribution is 0.112. The molecule has 0 saturated heterocycles. The first-order chi connectivity index (χ1) is 6.77. The van der Waals surface area contributed by atoms with Crippen LogP contribution in [0.1, 0.15) is 15.9 Å². The second-order valence-electron chi connectivity index (χ2n) is 2.85. The number of carbonyl (C=O) groups is 1. The number of fused-ring (bicyclic) bond motifs is 1. The van der Waals surface area contributed by atoms with Gasteiger partial charge in [0.05, 0.1) is 5.02 Å². The van der Waals surface area contributed by atoms with Gasteiger partial charge in [0, 0.05) is 21.0 Å². The summed E-state index contributed by atoms with van der Waals surface area (Å²) in [6.07, 6.45) is 0.797. The zero-order valence-electron chi connectivity index (χ0n) is 7.09. The molecule has 0 bridgehead atoms. The Kier molecular flexibility index (Phi) is 2.91. The third kappa shape index (κ3) is 1.49. The van der Waals surface area contributed by atoms with Crippen LogP contribution in [-0.4, -0.2) is 6.29 Å². The second-order valence-corrected chi connectivity index (χ2v) is 4.71. The van der Waals surface area contributed by atoms with Gasteiger partial charge in [-0.05, 0) is 23.1 Å². The number of hydrogen-bond donors (Lipinski definition) is 0. The van der Waals surface area contributed by atoms with Crippen LogP contribution in [0.2, 0.25) is 5.02 Å². The Labute approximate surface area is 98.8 Å². The molecule has 0 atom stereocenters. The number of thiophene rings is 1. The monoisotopic (exact) mass is 288 g/mol. The number of alkyl halides is 1. The number of hydrogen-bond acceptors (Lipinski definition) is 2. The maximum absolute atomic E-state index is 10.8. The summed E-state index contributed by atoms with van der Waals surface area (Å²) in [5.41, 5.74) is 1.67. The molecule has 0 aliphatic rings. The highest BCUT2D eigenvalue weighted by Gasteiger charge is 2.10. The highest BCUT2D eigenvalue weighted by atomic mass is 79.9. The third-order valence-corrected chi connectivity index (χ3v) is 4.06. The average molecular weight is 290 g/mol. The van der Waals surface area contributed by atoms with Gasteiger partial charge >= 0.3 is 0 Å². The zero-order chi connectivity index (χ0) is 10.1. The van der Waals surface area contributed by atoms with Gasteiger partial charge in [-0.15, -0.1) is 11.3 Å². The van der Waals surface area contributed by atoms with Crippen molar-refractivity contribution in [1.82, 2.24) is 0 Å². The van der Waals surface area contributed by atoms with Gasteiger partial charge in [-0.3, -0.25) is 4.79 Å². The molecule has 0 unspecified atom stereocenters. The molecule has 0 fully saturated rings. The largest absolute Gasteiger partial charge is 0.298 e. The van der Waals surface area contributed by atoms with Gasteiger partial charge in [-0.2, -0.15) is 0 Å². The normalized spacial score (nSPS) is 10.7. The quantitative estimate of drug-likeness (QED) is 0.596. The van der Waals surface area contributed by atoms with E-state index in [4.69, 9.17) is 11.6 Å². The topological polar surface area (TPSA) is 17.1 Å². The molecular weight excluding hydrogens is 284 g/mol. The summed E-state index contributed by atoms with van der Waals surface area (Å²) in [6.45, 7) is 0. The van der Waals surface area contributed by atoms with E-state index in [1.54, 1.807) is 11.3 Å². The Morgan fingerprint density at radius 1 is 1.57 bits per heavy atom. The lowest BCUT2D eigenvalue weighted by atomic mass is 10.1. The molecule has 2 rings (SSSR count). The molecule has 0 amide bonds. The minimum atomic E-state index is 0.556. The van der Waals surface area contributed by atoms with Crippen molar-refractivity contribution in [2.45, 2.75) is 5.33 Å². The van der Waals surface area contributed by atoms with Crippen molar-refractivity contribution >= 4 is 55.2 Å². The van der Waals surface area contributed by atoms with Crippen molar-refractivity contribution < 1.29 is 4.79 Å². The number of rotatable bonds is 2. The van der Waals surface area contributed by atoms with E-state index in [0.29, 0.717) is 10.6 Å². The van der Waals surface area contributed by atoms with Crippen molar-refractivity contribution in [2.24, 2.45) is 0 Å². The fraction of sp³-hybridized carbons (Fsp3) is 0.100. The van der Waals surface area contributed by atoms with Gasteiger partial charge in [0.1, 0.15) is 0 Å². The molecule has 1 heterocycles. The van der Waals surface area contributed by atoms with Gasteiger partial charge in [-0.1, -0.05) is 27.5 Å². The van der Waals surface area contributed by atoms with E-state index in [0.717, 1.165) is 27.3 Å². The van der Waals surface area contributed by atoms with Gasteiger partial charge < -0.3 is 0 Å². The minimum Gasteiger partial charge on any atom is -0.298 e. The van der Waals surface area contributed by atoms with E-state index < -0.39 is 0 Å². The first kappa shape index (κ1) is 10.1. The van der Waals surface area contributed by atoms with Crippen molar-refractivity contribution in [1.29, 1.82) is 0 Å². The molecule has 2 aromatic rings. The summed E-state index contributed by atoms with van der Waals surface area (Å²) < 4.78 is 1.15. The Hall–Kier alpha value is -0.380. The molecular formula is C10H6BrClOS. The summed E-state index contributed by atoms with van der Waals surface area (Å²) >= 11 is 11.1. The van der Waals surface area contributed by atoms with Gasteiger partial charge in [0.15, 0.2) is 6.29 Å². The van der Waals surface area contributed by atoms with Crippen molar-refractivity contribution in [2.75, 3.05) is 0 Å². The van der Waals surface area contributed by atoms with Crippen LogP contribution in [0.25, 0.3) is 10.1 Å². The summed E-state index contributed by atoms with van der Waals surface area (Å²) in [6, 6.07) is 3.78. The molecule has 0 saturated carbocycles. The smallest absolute Gasteiger partial charge is 0.151 e. The Morgan fingerprint density at radius 3 is 3.00 bits per heavy atom. The summed E-state index contributed by atoms with van der Waals surface area (Å²) in [7, 11) is 0. The van der Waals surface area contributed by atoms with E-state index in [-0.39, 0.29) is 0 Å². The fourth-order valence-corrected chi connectivity index (χ4v) is 3.25. The van der Waals surface area contributed by atoms with Crippen molar-refractivity contribution in [3.05, 3.63) is 33.7 Å². The van der Waals surface area contributed by atoms with Crippen molar-refractivity contribution in [3.8, 4) is 0 Å². The SMILES string of the molecule is O=Cc1cc(CBr)c2sccc2c1Cl. The summed E-state index contributed by atoms with van der Waals surface area (Å²) in [5.74, 6) is 0. The molecule has 0 radical (unpaired) electrons. The first-order valence-corrected chi connectivity index (χ1v) is 6.35. The lowest BCUT2D eigenvalue weighted by Gasteiger charge is -2.03. The van der Waals surface area contributed by atoms with Crippen LogP contribution in [0.3, 0.4) is 0 Å². The third-order valence-electron chi connectivity index (χ3n) is 2.05. The molecule has 0 aliphatic carbocycles. The lowest BCUT2D eigenvalue weighted by Crippen LogP contribution is -1.87. The molecule has 72 valence electrons. The average Bonchev–Trinajstić information content (AvgIpc) is 2.68. The standard InChI is InChI=1S/C10H6BrClOS/c11-4-6-3-7(5-13)9(12)8-1-2-14-10(6)8/h1-3,5H,4H2. The van der Waals surface area contributed by atoms with Crippen molar-refractivity contribution in [3.63, 3.8) is 0 Å². The van der Waals surface area contributed by atoms with Gasteiger partial charge in [0.2, 0.25) is 0 Å². The van der Waals surface area contributed by atoms with Crippen LogP contribution in [0.4, 0.5) is 0 Å². The molecule has 1 nitrogen and oxygen atoms in total. The fourth-order valence-electron chi connectivity index (χ4n) is 1.39. The van der Waals surface area contributed by atoms with Crippen LogP contribution in [-0.2, 0) is 5.33 Å². The second kappa shape index (κ2) is 4.01. The van der Waals surface area contributed by atoms with E-state index >= 15 is 0 Å². The number of benzene rings is 1. The van der Waals surface area contributed by atoms with Crippen LogP contribution < -0.4 is 0 Å². The maximum atomic E-state index is 10.8. The van der Waals surface area contributed by atoms with E-state index in [1.807, 2.05) is 17.5 Å². The number of aldehydes is 1. The van der Waals surface area contributed by atoms with E-state index in [9.17, 15) is 4.79 Å². The van der Waals surface area contributed by atoms with Gasteiger partial charge in [0.25, 0.3) is 0 Å². The predicted molar refractivity (Wildman–Crippen MR) is 64.9 cm³/mol.